The van der Waals surface area contributed by atoms with Crippen molar-refractivity contribution in [2.45, 2.75) is 32.0 Å². The molecule has 1 fully saturated rings. The molecule has 3 N–H and O–H groups in total. The molecule has 1 aromatic rings. The van der Waals surface area contributed by atoms with Crippen molar-refractivity contribution in [2.24, 2.45) is 0 Å². The van der Waals surface area contributed by atoms with Crippen LogP contribution in [0.5, 0.6) is 0 Å². The summed E-state index contributed by atoms with van der Waals surface area (Å²) in [6.45, 7) is 4.17. The fraction of sp³-hybridized carbons (Fsp3) is 0.583. The molecular weight excluding hydrogens is 289 g/mol. The van der Waals surface area contributed by atoms with E-state index in [1.807, 2.05) is 19.3 Å². The number of rotatable bonds is 2. The quantitative estimate of drug-likeness (QED) is 0.769. The van der Waals surface area contributed by atoms with Crippen LogP contribution >= 0.6 is 0 Å². The first-order valence-electron chi connectivity index (χ1n) is 6.35. The first kappa shape index (κ1) is 17.2. The Hall–Kier alpha value is -1.90. The molecule has 0 aromatic carbocycles. The lowest BCUT2D eigenvalue weighted by molar-refractivity contribution is -0.192. The van der Waals surface area contributed by atoms with Crippen LogP contribution in [0.2, 0.25) is 0 Å². The van der Waals surface area contributed by atoms with E-state index in [9.17, 15) is 13.2 Å². The molecule has 1 aliphatic heterocycles. The van der Waals surface area contributed by atoms with Crippen LogP contribution in [0.15, 0.2) is 12.4 Å². The van der Waals surface area contributed by atoms with E-state index in [4.69, 9.17) is 9.90 Å². The van der Waals surface area contributed by atoms with E-state index in [1.54, 1.807) is 0 Å². The van der Waals surface area contributed by atoms with E-state index in [0.717, 1.165) is 37.4 Å². The van der Waals surface area contributed by atoms with Crippen LogP contribution in [0, 0.1) is 6.92 Å². The number of anilines is 1. The van der Waals surface area contributed by atoms with Gasteiger partial charge in [-0.1, -0.05) is 0 Å². The number of nitrogens with zero attached hydrogens (tertiary/aromatic N) is 2. The molecule has 21 heavy (non-hydrogen) atoms. The van der Waals surface area contributed by atoms with Crippen molar-refractivity contribution in [2.75, 3.05) is 18.4 Å². The van der Waals surface area contributed by atoms with E-state index in [-0.39, 0.29) is 0 Å². The molecule has 0 amide bonds. The summed E-state index contributed by atoms with van der Waals surface area (Å²) in [6.07, 6.45) is 0.904. The second-order valence-electron chi connectivity index (χ2n) is 4.56. The van der Waals surface area contributed by atoms with Crippen LogP contribution in [0.3, 0.4) is 0 Å². The molecule has 6 nitrogen and oxygen atoms in total. The number of hydrogen-bond acceptors (Lipinski definition) is 5. The van der Waals surface area contributed by atoms with Gasteiger partial charge in [0.2, 0.25) is 5.95 Å². The van der Waals surface area contributed by atoms with Gasteiger partial charge < -0.3 is 15.7 Å². The van der Waals surface area contributed by atoms with Crippen molar-refractivity contribution in [3.8, 4) is 0 Å². The topological polar surface area (TPSA) is 87.1 Å². The number of halogens is 3. The third-order valence-corrected chi connectivity index (χ3v) is 2.70. The Kier molecular flexibility index (Phi) is 6.35. The second-order valence-corrected chi connectivity index (χ2v) is 4.56. The summed E-state index contributed by atoms with van der Waals surface area (Å²) in [5, 5.41) is 13.8. The zero-order chi connectivity index (χ0) is 15.9. The van der Waals surface area contributed by atoms with Gasteiger partial charge in [0.15, 0.2) is 0 Å². The summed E-state index contributed by atoms with van der Waals surface area (Å²) in [7, 11) is 0. The number of carboxylic acid groups (broad SMARTS) is 1. The lowest BCUT2D eigenvalue weighted by Gasteiger charge is -2.23. The molecule has 0 aliphatic carbocycles. The summed E-state index contributed by atoms with van der Waals surface area (Å²) in [6, 6.07) is 0.527. The van der Waals surface area contributed by atoms with Crippen molar-refractivity contribution < 1.29 is 23.1 Å². The summed E-state index contributed by atoms with van der Waals surface area (Å²) in [4.78, 5) is 17.4. The summed E-state index contributed by atoms with van der Waals surface area (Å²) < 4.78 is 31.7. The van der Waals surface area contributed by atoms with Crippen molar-refractivity contribution in [3.05, 3.63) is 18.0 Å². The average Bonchev–Trinajstić information content (AvgIpc) is 2.42. The normalized spacial score (nSPS) is 15.8. The van der Waals surface area contributed by atoms with Gasteiger partial charge in [-0.2, -0.15) is 13.2 Å². The van der Waals surface area contributed by atoms with Gasteiger partial charge in [-0.3, -0.25) is 0 Å². The van der Waals surface area contributed by atoms with Gasteiger partial charge in [-0.15, -0.1) is 0 Å². The summed E-state index contributed by atoms with van der Waals surface area (Å²) in [5.74, 6) is -2.00. The van der Waals surface area contributed by atoms with Gasteiger partial charge in [0.1, 0.15) is 0 Å². The Morgan fingerprint density at radius 1 is 1.33 bits per heavy atom. The highest BCUT2D eigenvalue weighted by atomic mass is 19.4. The second kappa shape index (κ2) is 7.77. The average molecular weight is 306 g/mol. The molecule has 1 aromatic heterocycles. The predicted molar refractivity (Wildman–Crippen MR) is 70.0 cm³/mol. The van der Waals surface area contributed by atoms with Crippen molar-refractivity contribution in [3.63, 3.8) is 0 Å². The Morgan fingerprint density at radius 2 is 1.81 bits per heavy atom. The fourth-order valence-corrected chi connectivity index (χ4v) is 1.62. The molecular formula is C12H17F3N4O2. The Morgan fingerprint density at radius 3 is 2.24 bits per heavy atom. The third-order valence-electron chi connectivity index (χ3n) is 2.70. The van der Waals surface area contributed by atoms with Gasteiger partial charge in [0.25, 0.3) is 0 Å². The van der Waals surface area contributed by atoms with Crippen LogP contribution in [0.1, 0.15) is 18.4 Å². The first-order chi connectivity index (χ1) is 9.79. The molecule has 0 radical (unpaired) electrons. The van der Waals surface area contributed by atoms with E-state index in [1.165, 1.54) is 0 Å². The highest BCUT2D eigenvalue weighted by Gasteiger charge is 2.38. The maximum absolute atomic E-state index is 10.6. The Balaban J connectivity index is 0.000000270. The minimum Gasteiger partial charge on any atom is -0.475 e. The molecule has 0 spiro atoms. The smallest absolute Gasteiger partial charge is 0.475 e. The monoisotopic (exact) mass is 306 g/mol. The van der Waals surface area contributed by atoms with E-state index in [0.29, 0.717) is 6.04 Å². The number of alkyl halides is 3. The van der Waals surface area contributed by atoms with Crippen LogP contribution < -0.4 is 10.6 Å². The van der Waals surface area contributed by atoms with Crippen LogP contribution in [-0.4, -0.2) is 46.4 Å². The third kappa shape index (κ3) is 6.89. The minimum atomic E-state index is -5.08. The Labute approximate surface area is 119 Å². The molecule has 1 aliphatic rings. The molecule has 2 rings (SSSR count). The largest absolute Gasteiger partial charge is 0.490 e. The van der Waals surface area contributed by atoms with Crippen LogP contribution in [-0.2, 0) is 4.79 Å². The summed E-state index contributed by atoms with van der Waals surface area (Å²) >= 11 is 0. The van der Waals surface area contributed by atoms with Crippen molar-refractivity contribution >= 4 is 11.9 Å². The molecule has 118 valence electrons. The number of piperidine rings is 1. The Bertz CT molecular complexity index is 445. The molecule has 9 heteroatoms. The van der Waals surface area contributed by atoms with Gasteiger partial charge in [-0.25, -0.2) is 14.8 Å². The fourth-order valence-electron chi connectivity index (χ4n) is 1.62. The molecule has 2 heterocycles. The van der Waals surface area contributed by atoms with Gasteiger partial charge in [0, 0.05) is 18.4 Å². The number of aromatic nitrogens is 2. The highest BCUT2D eigenvalue weighted by Crippen LogP contribution is 2.13. The van der Waals surface area contributed by atoms with Crippen molar-refractivity contribution in [1.82, 2.24) is 15.3 Å². The number of nitrogens with one attached hydrogen (secondary N) is 2. The van der Waals surface area contributed by atoms with Crippen molar-refractivity contribution in [1.29, 1.82) is 0 Å². The number of aliphatic carboxylic acids is 1. The standard InChI is InChI=1S/C10H16N4.C2HF3O2/c1-8-6-12-10(13-7-8)14-9-2-4-11-5-3-9;3-2(4,5)1(6)7/h6-7,9,11H,2-5H2,1H3,(H,12,13,14);(H,6,7). The molecule has 1 saturated heterocycles. The zero-order valence-electron chi connectivity index (χ0n) is 11.4. The number of carboxylic acids is 1. The minimum absolute atomic E-state index is 0.527. The zero-order valence-corrected chi connectivity index (χ0v) is 11.4. The van der Waals surface area contributed by atoms with Gasteiger partial charge >= 0.3 is 12.1 Å². The number of carbonyl (C=O) groups is 1. The predicted octanol–water partition coefficient (Wildman–Crippen LogP) is 1.58. The summed E-state index contributed by atoms with van der Waals surface area (Å²) in [5.41, 5.74) is 1.10. The van der Waals surface area contributed by atoms with Crippen LogP contribution in [0.25, 0.3) is 0 Å². The number of hydrogen-bond donors (Lipinski definition) is 3. The maximum atomic E-state index is 10.6. The maximum Gasteiger partial charge on any atom is 0.490 e. The molecule has 0 unspecified atom stereocenters. The molecule has 0 bridgehead atoms. The van der Waals surface area contributed by atoms with E-state index in [2.05, 4.69) is 20.6 Å². The van der Waals surface area contributed by atoms with E-state index >= 15 is 0 Å². The van der Waals surface area contributed by atoms with Gasteiger partial charge in [-0.05, 0) is 38.4 Å². The van der Waals surface area contributed by atoms with Gasteiger partial charge in [0.05, 0.1) is 0 Å². The SMILES string of the molecule is Cc1cnc(NC2CCNCC2)nc1.O=C(O)C(F)(F)F. The molecule has 0 atom stereocenters. The van der Waals surface area contributed by atoms with Crippen LogP contribution in [0.4, 0.5) is 19.1 Å². The lowest BCUT2D eigenvalue weighted by Crippen LogP contribution is -2.35. The molecule has 0 saturated carbocycles. The lowest BCUT2D eigenvalue weighted by atomic mass is 10.1. The first-order valence-corrected chi connectivity index (χ1v) is 6.35. The number of aryl methyl sites for hydroxylation is 1. The highest BCUT2D eigenvalue weighted by molar-refractivity contribution is 5.73. The van der Waals surface area contributed by atoms with E-state index < -0.39 is 12.1 Å².